The van der Waals surface area contributed by atoms with Crippen molar-refractivity contribution in [2.24, 2.45) is 0 Å². The number of hydrogen-bond acceptors (Lipinski definition) is 2. The topological polar surface area (TPSA) is 6.48 Å². The Morgan fingerprint density at radius 2 is 1.12 bits per heavy atom. The molecule has 0 radical (unpaired) electrons. The molecule has 0 fully saturated rings. The second-order valence-electron chi connectivity index (χ2n) is 24.4. The van der Waals surface area contributed by atoms with Gasteiger partial charge in [-0.15, -0.1) is 0 Å². The normalized spacial score (nSPS) is 17.0. The van der Waals surface area contributed by atoms with E-state index in [4.69, 9.17) is 0 Å². The zero-order valence-electron chi connectivity index (χ0n) is 42.3. The molecule has 2 aliphatic heterocycles. The van der Waals surface area contributed by atoms with Crippen molar-refractivity contribution in [3.63, 3.8) is 0 Å². The fourth-order valence-electron chi connectivity index (χ4n) is 12.8. The van der Waals surface area contributed by atoms with Gasteiger partial charge in [-0.2, -0.15) is 0 Å². The lowest BCUT2D eigenvalue weighted by atomic mass is 9.42. The average Bonchev–Trinajstić information content (AvgIpc) is 3.55. The van der Waals surface area contributed by atoms with Crippen LogP contribution in [-0.4, -0.2) is 6.85 Å². The van der Waals surface area contributed by atoms with Gasteiger partial charge in [0, 0.05) is 39.3 Å². The van der Waals surface area contributed by atoms with Crippen LogP contribution in [0.1, 0.15) is 129 Å². The molecule has 0 amide bonds. The summed E-state index contributed by atoms with van der Waals surface area (Å²) >= 11 is 0. The molecule has 0 bridgehead atoms. The molecule has 8 aromatic rings. The summed E-state index contributed by atoms with van der Waals surface area (Å²) in [6.07, 6.45) is 2.33. The number of benzene rings is 8. The lowest BCUT2D eigenvalue weighted by Crippen LogP contribution is -2.62. The molecular weight excluding hydrogens is 820 g/mol. The van der Waals surface area contributed by atoms with Gasteiger partial charge in [0.15, 0.2) is 0 Å². The first-order valence-corrected chi connectivity index (χ1v) is 25.2. The van der Waals surface area contributed by atoms with Crippen molar-refractivity contribution in [1.82, 2.24) is 0 Å². The average molecular weight is 885 g/mol. The third kappa shape index (κ3) is 6.16. The molecule has 0 N–H and O–H groups in total. The smallest absolute Gasteiger partial charge is 0.333 e. The van der Waals surface area contributed by atoms with Crippen molar-refractivity contribution < 1.29 is 0 Å². The molecule has 338 valence electrons. The molecule has 4 aliphatic rings. The fourth-order valence-corrected chi connectivity index (χ4v) is 12.8. The molecule has 0 saturated carbocycles. The Bertz CT molecular complexity index is 3390. The first-order chi connectivity index (χ1) is 32.3. The first-order valence-electron chi connectivity index (χ1n) is 25.2. The van der Waals surface area contributed by atoms with Crippen molar-refractivity contribution in [2.75, 3.05) is 9.71 Å². The van der Waals surface area contributed by atoms with Crippen LogP contribution in [0.15, 0.2) is 152 Å². The maximum atomic E-state index is 2.76. The Morgan fingerprint density at radius 3 is 1.82 bits per heavy atom. The second kappa shape index (κ2) is 14.4. The summed E-state index contributed by atoms with van der Waals surface area (Å²) in [4.78, 5) is 5.49. The predicted octanol–water partition coefficient (Wildman–Crippen LogP) is 16.5. The van der Waals surface area contributed by atoms with Gasteiger partial charge < -0.3 is 9.71 Å². The second-order valence-corrected chi connectivity index (χ2v) is 24.4. The zero-order valence-corrected chi connectivity index (χ0v) is 42.3. The van der Waals surface area contributed by atoms with E-state index in [9.17, 15) is 0 Å². The van der Waals surface area contributed by atoms with Crippen LogP contribution in [0, 0.1) is 0 Å². The highest BCUT2D eigenvalue weighted by Gasteiger charge is 2.51. The van der Waals surface area contributed by atoms with Crippen molar-refractivity contribution in [3.05, 3.63) is 185 Å². The minimum Gasteiger partial charge on any atom is -0.376 e. The van der Waals surface area contributed by atoms with Crippen LogP contribution in [0.5, 0.6) is 0 Å². The molecule has 2 aliphatic carbocycles. The highest BCUT2D eigenvalue weighted by atomic mass is 15.2. The van der Waals surface area contributed by atoms with Crippen molar-refractivity contribution >= 4 is 57.0 Å². The third-order valence-electron chi connectivity index (χ3n) is 16.8. The fraction of sp³-hybridized carbons (Fsp3) is 0.292. The van der Waals surface area contributed by atoms with Gasteiger partial charge in [0.25, 0.3) is 0 Å². The molecule has 68 heavy (non-hydrogen) atoms. The molecule has 0 unspecified atom stereocenters. The van der Waals surface area contributed by atoms with Crippen molar-refractivity contribution in [1.29, 1.82) is 0 Å². The summed E-state index contributed by atoms with van der Waals surface area (Å²) in [5, 5.41) is 2.58. The van der Waals surface area contributed by atoms with Crippen LogP contribution in [0.2, 0.25) is 0 Å². The Kier molecular flexibility index (Phi) is 9.08. The molecule has 0 spiro atoms. The third-order valence-corrected chi connectivity index (χ3v) is 16.8. The van der Waals surface area contributed by atoms with Gasteiger partial charge in [-0.3, -0.25) is 0 Å². The van der Waals surface area contributed by atoms with Crippen LogP contribution in [-0.2, 0) is 27.1 Å². The minimum atomic E-state index is -0.272. The highest BCUT2D eigenvalue weighted by molar-refractivity contribution is 6.94. The quantitative estimate of drug-likeness (QED) is 0.163. The largest absolute Gasteiger partial charge is 0.376 e. The Morgan fingerprint density at radius 1 is 0.485 bits per heavy atom. The van der Waals surface area contributed by atoms with Crippen molar-refractivity contribution in [3.8, 4) is 33.4 Å². The summed E-state index contributed by atoms with van der Waals surface area (Å²) in [5.41, 5.74) is 25.1. The summed E-state index contributed by atoms with van der Waals surface area (Å²) < 4.78 is 0. The SMILES string of the molecule is CC(C)(C)c1ccc(N2B3c4ccc5c(c4N(c4ccc(C(C)(C)C)cc4-c4ccccc4)c4cc6ccccc6c(c43)-c3cc4c(cc32)C(C)(C)CCC4(C)C)C(C)(C)c2ccccc2-5)cc1. The lowest BCUT2D eigenvalue weighted by molar-refractivity contribution is 0.332. The van der Waals surface area contributed by atoms with E-state index >= 15 is 0 Å². The van der Waals surface area contributed by atoms with Crippen LogP contribution < -0.4 is 20.6 Å². The van der Waals surface area contributed by atoms with E-state index in [2.05, 4.69) is 244 Å². The van der Waals surface area contributed by atoms with E-state index in [0.29, 0.717) is 0 Å². The van der Waals surface area contributed by atoms with E-state index in [0.717, 1.165) is 12.8 Å². The van der Waals surface area contributed by atoms with Gasteiger partial charge in [0.05, 0.1) is 5.69 Å². The summed E-state index contributed by atoms with van der Waals surface area (Å²) in [7, 11) is 0. The van der Waals surface area contributed by atoms with E-state index in [-0.39, 0.29) is 33.9 Å². The molecule has 2 heterocycles. The minimum absolute atomic E-state index is 0.0315. The molecule has 0 saturated heterocycles. The highest BCUT2D eigenvalue weighted by Crippen LogP contribution is 2.59. The Labute approximate surface area is 406 Å². The van der Waals surface area contributed by atoms with Gasteiger partial charge in [-0.25, -0.2) is 0 Å². The monoisotopic (exact) mass is 885 g/mol. The standard InChI is InChI=1S/C65H65BN2/c1-61(2,3)42-26-29-44(30-27-42)68-55-39-52-51(63(7,8)34-35-64(52,9)10)38-49(55)57-45-23-17-16-22-41(45)36-56-59(57)66(68)53-32-31-47-46-24-18-19-25-50(46)65(11,12)58(47)60(53)67(56)54-33-28-43(62(4,5)6)37-48(54)40-20-14-13-15-21-40/h13-33,36-39H,34-35H2,1-12H3. The van der Waals surface area contributed by atoms with Crippen LogP contribution >= 0.6 is 0 Å². The molecule has 0 aromatic heterocycles. The van der Waals surface area contributed by atoms with E-state index in [1.165, 1.54) is 117 Å². The van der Waals surface area contributed by atoms with Crippen LogP contribution in [0.4, 0.5) is 28.4 Å². The zero-order chi connectivity index (χ0) is 47.4. The molecule has 8 aromatic carbocycles. The van der Waals surface area contributed by atoms with E-state index < -0.39 is 0 Å². The maximum absolute atomic E-state index is 2.76. The van der Waals surface area contributed by atoms with Crippen LogP contribution in [0.3, 0.4) is 0 Å². The summed E-state index contributed by atoms with van der Waals surface area (Å²) in [6.45, 7) is 28.7. The first kappa shape index (κ1) is 43.0. The Hall–Kier alpha value is -6.32. The molecule has 12 rings (SSSR count). The Balaban J connectivity index is 1.28. The van der Waals surface area contributed by atoms with Gasteiger partial charge in [-0.05, 0) is 154 Å². The molecule has 2 nitrogen and oxygen atoms in total. The summed E-state index contributed by atoms with van der Waals surface area (Å²) in [6, 6.07) is 59.3. The van der Waals surface area contributed by atoms with Gasteiger partial charge >= 0.3 is 6.85 Å². The molecule has 3 heteroatoms. The predicted molar refractivity (Wildman–Crippen MR) is 293 cm³/mol. The number of hydrogen-bond donors (Lipinski definition) is 0. The van der Waals surface area contributed by atoms with E-state index in [1.807, 2.05) is 0 Å². The van der Waals surface area contributed by atoms with Crippen molar-refractivity contribution in [2.45, 2.75) is 123 Å². The number of fused-ring (bicyclic) bond motifs is 11. The molecule has 0 atom stereocenters. The number of anilines is 5. The van der Waals surface area contributed by atoms with Crippen LogP contribution in [0.25, 0.3) is 44.2 Å². The van der Waals surface area contributed by atoms with Gasteiger partial charge in [0.2, 0.25) is 0 Å². The summed E-state index contributed by atoms with van der Waals surface area (Å²) in [5.74, 6) is 0. The van der Waals surface area contributed by atoms with Gasteiger partial charge in [0.1, 0.15) is 0 Å². The van der Waals surface area contributed by atoms with E-state index in [1.54, 1.807) is 0 Å². The number of rotatable bonds is 3. The van der Waals surface area contributed by atoms with Gasteiger partial charge in [-0.1, -0.05) is 192 Å². The number of nitrogens with zero attached hydrogens (tertiary/aromatic N) is 2. The maximum Gasteiger partial charge on any atom is 0.333 e. The lowest BCUT2D eigenvalue weighted by Gasteiger charge is -2.49. The molecular formula is C65H65BN2.